The number of carboxylic acid groups (broad SMARTS) is 1. The molecule has 0 spiro atoms. The summed E-state index contributed by atoms with van der Waals surface area (Å²) in [6, 6.07) is 15.3. The molecule has 4 nitrogen and oxygen atoms in total. The summed E-state index contributed by atoms with van der Waals surface area (Å²) in [5.74, 6) is -1.45. The summed E-state index contributed by atoms with van der Waals surface area (Å²) < 4.78 is 0. The molecule has 0 saturated carbocycles. The van der Waals surface area contributed by atoms with Gasteiger partial charge >= 0.3 is 5.97 Å². The van der Waals surface area contributed by atoms with E-state index in [0.29, 0.717) is 5.69 Å². The number of carboxylic acids is 1. The molecule has 19 heavy (non-hydrogen) atoms. The van der Waals surface area contributed by atoms with Gasteiger partial charge in [-0.05, 0) is 24.3 Å². The summed E-state index contributed by atoms with van der Waals surface area (Å²) in [6.45, 7) is 0. The first kappa shape index (κ1) is 12.8. The largest absolute Gasteiger partial charge is 0.478 e. The number of nitrogens with zero attached hydrogens (tertiary/aromatic N) is 1. The Hall–Kier alpha value is -2.62. The highest BCUT2D eigenvalue weighted by atomic mass is 16.4. The molecule has 1 N–H and O–H groups in total. The van der Waals surface area contributed by atoms with Crippen molar-refractivity contribution in [1.82, 2.24) is 0 Å². The summed E-state index contributed by atoms with van der Waals surface area (Å²) in [5, 5.41) is 9.10. The molecule has 0 heterocycles. The van der Waals surface area contributed by atoms with Crippen LogP contribution >= 0.6 is 0 Å². The smallest absolute Gasteiger partial charge is 0.336 e. The fourth-order valence-electron chi connectivity index (χ4n) is 1.81. The van der Waals surface area contributed by atoms with Crippen LogP contribution in [-0.2, 0) is 0 Å². The molecule has 0 atom stereocenters. The number of aromatic carboxylic acids is 1. The van der Waals surface area contributed by atoms with Crippen LogP contribution in [0.2, 0.25) is 0 Å². The van der Waals surface area contributed by atoms with Gasteiger partial charge in [0.2, 0.25) is 0 Å². The summed E-state index contributed by atoms with van der Waals surface area (Å²) >= 11 is 0. The first-order valence-corrected chi connectivity index (χ1v) is 5.76. The minimum Gasteiger partial charge on any atom is -0.478 e. The Bertz CT molecular complexity index is 608. The van der Waals surface area contributed by atoms with Gasteiger partial charge in [-0.3, -0.25) is 4.79 Å². The third kappa shape index (κ3) is 2.63. The molecule has 4 heteroatoms. The molecule has 0 radical (unpaired) electrons. The summed E-state index contributed by atoms with van der Waals surface area (Å²) in [7, 11) is 1.62. The molecule has 0 fully saturated rings. The Morgan fingerprint density at radius 2 is 1.42 bits per heavy atom. The third-order valence-corrected chi connectivity index (χ3v) is 2.84. The Kier molecular flexibility index (Phi) is 3.61. The van der Waals surface area contributed by atoms with Gasteiger partial charge in [0, 0.05) is 12.7 Å². The van der Waals surface area contributed by atoms with E-state index in [1.807, 2.05) is 18.2 Å². The number of hydrogen-bond acceptors (Lipinski definition) is 2. The normalized spacial score (nSPS) is 9.95. The standard InChI is InChI=1S/C15H13NO3/c1-16(11-7-3-2-4-8-11)14(17)12-9-5-6-10-13(12)15(18)19/h2-10H,1H3,(H,18,19). The predicted molar refractivity (Wildman–Crippen MR) is 72.6 cm³/mol. The zero-order valence-corrected chi connectivity index (χ0v) is 10.4. The molecule has 0 aromatic heterocycles. The fourth-order valence-corrected chi connectivity index (χ4v) is 1.81. The average Bonchev–Trinajstić information content (AvgIpc) is 2.46. The molecule has 2 rings (SSSR count). The van der Waals surface area contributed by atoms with Crippen LogP contribution < -0.4 is 4.90 Å². The quantitative estimate of drug-likeness (QED) is 0.917. The minimum atomic E-state index is -1.11. The van der Waals surface area contributed by atoms with Crippen molar-refractivity contribution >= 4 is 17.6 Å². The van der Waals surface area contributed by atoms with Crippen molar-refractivity contribution in [3.8, 4) is 0 Å². The molecule has 96 valence electrons. The molecule has 0 bridgehead atoms. The molecule has 0 aliphatic carbocycles. The highest BCUT2D eigenvalue weighted by molar-refractivity contribution is 6.11. The van der Waals surface area contributed by atoms with Crippen LogP contribution in [0.25, 0.3) is 0 Å². The van der Waals surface area contributed by atoms with Crippen LogP contribution in [0.1, 0.15) is 20.7 Å². The fraction of sp³-hybridized carbons (Fsp3) is 0.0667. The zero-order chi connectivity index (χ0) is 13.8. The summed E-state index contributed by atoms with van der Waals surface area (Å²) in [6.07, 6.45) is 0. The monoisotopic (exact) mass is 255 g/mol. The Balaban J connectivity index is 2.38. The second kappa shape index (κ2) is 5.35. The summed E-state index contributed by atoms with van der Waals surface area (Å²) in [4.78, 5) is 24.9. The number of hydrogen-bond donors (Lipinski definition) is 1. The zero-order valence-electron chi connectivity index (χ0n) is 10.4. The van der Waals surface area contributed by atoms with Crippen molar-refractivity contribution in [2.45, 2.75) is 0 Å². The molecule has 2 aromatic carbocycles. The number of benzene rings is 2. The van der Waals surface area contributed by atoms with Crippen LogP contribution in [-0.4, -0.2) is 24.0 Å². The number of amides is 1. The minimum absolute atomic E-state index is 0.00952. The van der Waals surface area contributed by atoms with Crippen LogP contribution in [0.3, 0.4) is 0 Å². The SMILES string of the molecule is CN(C(=O)c1ccccc1C(=O)O)c1ccccc1. The molecule has 0 aliphatic rings. The van der Waals surface area contributed by atoms with E-state index in [9.17, 15) is 9.59 Å². The molecule has 0 aliphatic heterocycles. The third-order valence-electron chi connectivity index (χ3n) is 2.84. The number of carbonyl (C=O) groups excluding carboxylic acids is 1. The van der Waals surface area contributed by atoms with E-state index in [1.54, 1.807) is 31.3 Å². The van der Waals surface area contributed by atoms with Crippen LogP contribution in [0, 0.1) is 0 Å². The second-order valence-electron chi connectivity index (χ2n) is 4.05. The molecule has 0 saturated heterocycles. The maximum absolute atomic E-state index is 12.3. The first-order valence-electron chi connectivity index (χ1n) is 5.76. The van der Waals surface area contributed by atoms with Gasteiger partial charge in [-0.25, -0.2) is 4.79 Å². The average molecular weight is 255 g/mol. The van der Waals surface area contributed by atoms with E-state index >= 15 is 0 Å². The summed E-state index contributed by atoms with van der Waals surface area (Å²) in [5.41, 5.74) is 0.907. The molecule has 2 aromatic rings. The molecule has 0 unspecified atom stereocenters. The number of anilines is 1. The highest BCUT2D eigenvalue weighted by Crippen LogP contribution is 2.17. The van der Waals surface area contributed by atoms with Gasteiger partial charge < -0.3 is 10.0 Å². The van der Waals surface area contributed by atoms with Crippen molar-refractivity contribution in [3.63, 3.8) is 0 Å². The Morgan fingerprint density at radius 3 is 2.00 bits per heavy atom. The van der Waals surface area contributed by atoms with E-state index in [2.05, 4.69) is 0 Å². The van der Waals surface area contributed by atoms with Crippen molar-refractivity contribution < 1.29 is 14.7 Å². The van der Waals surface area contributed by atoms with Gasteiger partial charge in [-0.15, -0.1) is 0 Å². The lowest BCUT2D eigenvalue weighted by Crippen LogP contribution is -2.27. The van der Waals surface area contributed by atoms with E-state index < -0.39 is 5.97 Å². The maximum Gasteiger partial charge on any atom is 0.336 e. The molecular formula is C15H13NO3. The van der Waals surface area contributed by atoms with Crippen LogP contribution in [0.4, 0.5) is 5.69 Å². The van der Waals surface area contributed by atoms with Gasteiger partial charge in [0.15, 0.2) is 0 Å². The number of para-hydroxylation sites is 1. The predicted octanol–water partition coefficient (Wildman–Crippen LogP) is 2.66. The van der Waals surface area contributed by atoms with Gasteiger partial charge in [0.25, 0.3) is 5.91 Å². The van der Waals surface area contributed by atoms with E-state index in [-0.39, 0.29) is 17.0 Å². The van der Waals surface area contributed by atoms with Crippen molar-refractivity contribution in [3.05, 3.63) is 65.7 Å². The number of carbonyl (C=O) groups is 2. The van der Waals surface area contributed by atoms with Crippen molar-refractivity contribution in [1.29, 1.82) is 0 Å². The maximum atomic E-state index is 12.3. The van der Waals surface area contributed by atoms with Gasteiger partial charge in [-0.2, -0.15) is 0 Å². The van der Waals surface area contributed by atoms with Gasteiger partial charge in [0.05, 0.1) is 11.1 Å². The molecule has 1 amide bonds. The van der Waals surface area contributed by atoms with Crippen LogP contribution in [0.15, 0.2) is 54.6 Å². The van der Waals surface area contributed by atoms with Gasteiger partial charge in [0.1, 0.15) is 0 Å². The Morgan fingerprint density at radius 1 is 0.895 bits per heavy atom. The van der Waals surface area contributed by atoms with E-state index in [4.69, 9.17) is 5.11 Å². The van der Waals surface area contributed by atoms with Crippen molar-refractivity contribution in [2.24, 2.45) is 0 Å². The topological polar surface area (TPSA) is 57.6 Å². The van der Waals surface area contributed by atoms with Crippen molar-refractivity contribution in [2.75, 3.05) is 11.9 Å². The van der Waals surface area contributed by atoms with E-state index in [1.165, 1.54) is 17.0 Å². The Labute approximate surface area is 110 Å². The molecular weight excluding hydrogens is 242 g/mol. The second-order valence-corrected chi connectivity index (χ2v) is 4.05. The van der Waals surface area contributed by atoms with Crippen LogP contribution in [0.5, 0.6) is 0 Å². The highest BCUT2D eigenvalue weighted by Gasteiger charge is 2.19. The lowest BCUT2D eigenvalue weighted by atomic mass is 10.1. The lowest BCUT2D eigenvalue weighted by Gasteiger charge is -2.18. The number of rotatable bonds is 3. The first-order chi connectivity index (χ1) is 9.11. The van der Waals surface area contributed by atoms with E-state index in [0.717, 1.165) is 0 Å². The lowest BCUT2D eigenvalue weighted by molar-refractivity contribution is 0.0692. The van der Waals surface area contributed by atoms with Gasteiger partial charge in [-0.1, -0.05) is 30.3 Å².